The maximum Gasteiger partial charge on any atom is 0.258 e. The van der Waals surface area contributed by atoms with E-state index in [0.29, 0.717) is 18.9 Å². The summed E-state index contributed by atoms with van der Waals surface area (Å²) in [4.78, 5) is 17.0. The Bertz CT molecular complexity index is 1190. The molecule has 176 valence electrons. The number of hydrogen-bond donors (Lipinski definition) is 1. The number of nitrogens with one attached hydrogen (secondary N) is 1. The van der Waals surface area contributed by atoms with Crippen LogP contribution in [-0.4, -0.2) is 35.8 Å². The lowest BCUT2D eigenvalue weighted by Gasteiger charge is -2.11. The largest absolute Gasteiger partial charge is 0.497 e. The number of rotatable bonds is 12. The third-order valence-electron chi connectivity index (χ3n) is 5.39. The van der Waals surface area contributed by atoms with Crippen LogP contribution in [0.15, 0.2) is 78.9 Å². The standard InChI is InChI=1S/C27H29N3O4/c1-32-21-13-15-23(16-14-21)33-18-8-7-17-30-25-12-6-5-11-24(25)29-26(30)19-28-27(31)20-34-22-9-3-2-4-10-22/h2-6,9-16H,7-8,17-20H2,1H3,(H,28,31). The van der Waals surface area contributed by atoms with E-state index in [-0.39, 0.29) is 12.5 Å². The number of amides is 1. The van der Waals surface area contributed by atoms with Gasteiger partial charge in [0.2, 0.25) is 0 Å². The molecule has 1 aromatic heterocycles. The van der Waals surface area contributed by atoms with Crippen molar-refractivity contribution in [3.8, 4) is 17.2 Å². The molecule has 0 radical (unpaired) electrons. The van der Waals surface area contributed by atoms with Gasteiger partial charge in [-0.2, -0.15) is 0 Å². The Labute approximate surface area is 199 Å². The molecular weight excluding hydrogens is 430 g/mol. The molecule has 0 saturated heterocycles. The Hall–Kier alpha value is -4.00. The van der Waals surface area contributed by atoms with Crippen molar-refractivity contribution in [1.82, 2.24) is 14.9 Å². The van der Waals surface area contributed by atoms with E-state index in [1.54, 1.807) is 7.11 Å². The minimum Gasteiger partial charge on any atom is -0.497 e. The molecule has 0 aliphatic rings. The first-order valence-electron chi connectivity index (χ1n) is 11.4. The number of aryl methyl sites for hydroxylation is 1. The van der Waals surface area contributed by atoms with E-state index in [0.717, 1.165) is 47.7 Å². The molecule has 1 amide bonds. The first kappa shape index (κ1) is 23.2. The molecule has 3 aromatic carbocycles. The lowest BCUT2D eigenvalue weighted by Crippen LogP contribution is -2.29. The molecule has 0 aliphatic carbocycles. The number of nitrogens with zero attached hydrogens (tertiary/aromatic N) is 2. The summed E-state index contributed by atoms with van der Waals surface area (Å²) in [6.07, 6.45) is 1.82. The number of imidazole rings is 1. The highest BCUT2D eigenvalue weighted by Gasteiger charge is 2.12. The van der Waals surface area contributed by atoms with E-state index >= 15 is 0 Å². The van der Waals surface area contributed by atoms with E-state index < -0.39 is 0 Å². The lowest BCUT2D eigenvalue weighted by molar-refractivity contribution is -0.123. The Morgan fingerprint density at radius 2 is 1.56 bits per heavy atom. The molecule has 7 heteroatoms. The fourth-order valence-electron chi connectivity index (χ4n) is 3.64. The van der Waals surface area contributed by atoms with Gasteiger partial charge in [0.15, 0.2) is 6.61 Å². The molecule has 34 heavy (non-hydrogen) atoms. The molecule has 0 aliphatic heterocycles. The third kappa shape index (κ3) is 6.28. The van der Waals surface area contributed by atoms with Crippen LogP contribution in [0.1, 0.15) is 18.7 Å². The molecule has 0 saturated carbocycles. The van der Waals surface area contributed by atoms with Crippen LogP contribution in [0.5, 0.6) is 17.2 Å². The molecular formula is C27H29N3O4. The van der Waals surface area contributed by atoms with E-state index in [1.165, 1.54) is 0 Å². The highest BCUT2D eigenvalue weighted by molar-refractivity contribution is 5.78. The summed E-state index contributed by atoms with van der Waals surface area (Å²) >= 11 is 0. The number of benzene rings is 3. The number of aromatic nitrogens is 2. The van der Waals surface area contributed by atoms with Crippen LogP contribution in [0.4, 0.5) is 0 Å². The van der Waals surface area contributed by atoms with E-state index in [9.17, 15) is 4.79 Å². The van der Waals surface area contributed by atoms with E-state index in [1.807, 2.05) is 72.8 Å². The Morgan fingerprint density at radius 3 is 2.35 bits per heavy atom. The number of para-hydroxylation sites is 3. The van der Waals surface area contributed by atoms with Crippen molar-refractivity contribution in [2.75, 3.05) is 20.3 Å². The first-order valence-corrected chi connectivity index (χ1v) is 11.4. The molecule has 4 rings (SSSR count). The lowest BCUT2D eigenvalue weighted by atomic mass is 10.3. The van der Waals surface area contributed by atoms with Crippen LogP contribution in [-0.2, 0) is 17.9 Å². The van der Waals surface area contributed by atoms with E-state index in [4.69, 9.17) is 19.2 Å². The van der Waals surface area contributed by atoms with Gasteiger partial charge in [-0.3, -0.25) is 4.79 Å². The van der Waals surface area contributed by atoms with Crippen LogP contribution in [0.3, 0.4) is 0 Å². The maximum absolute atomic E-state index is 12.3. The van der Waals surface area contributed by atoms with Gasteiger partial charge in [-0.05, 0) is 61.4 Å². The minimum absolute atomic E-state index is 0.0348. The third-order valence-corrected chi connectivity index (χ3v) is 5.39. The van der Waals surface area contributed by atoms with Crippen molar-refractivity contribution in [1.29, 1.82) is 0 Å². The normalized spacial score (nSPS) is 10.7. The Morgan fingerprint density at radius 1 is 0.853 bits per heavy atom. The molecule has 4 aromatic rings. The highest BCUT2D eigenvalue weighted by Crippen LogP contribution is 2.19. The highest BCUT2D eigenvalue weighted by atomic mass is 16.5. The molecule has 1 N–H and O–H groups in total. The van der Waals surface area contributed by atoms with Crippen molar-refractivity contribution in [3.05, 3.63) is 84.7 Å². The first-order chi connectivity index (χ1) is 16.7. The van der Waals surface area contributed by atoms with Crippen LogP contribution in [0, 0.1) is 0 Å². The van der Waals surface area contributed by atoms with Crippen molar-refractivity contribution < 1.29 is 19.0 Å². The summed E-state index contributed by atoms with van der Waals surface area (Å²) in [6.45, 7) is 1.72. The van der Waals surface area contributed by atoms with Crippen molar-refractivity contribution in [2.24, 2.45) is 0 Å². The zero-order valence-electron chi connectivity index (χ0n) is 19.3. The fourth-order valence-corrected chi connectivity index (χ4v) is 3.64. The van der Waals surface area contributed by atoms with Crippen molar-refractivity contribution >= 4 is 16.9 Å². The number of unbranched alkanes of at least 4 members (excludes halogenated alkanes) is 1. The predicted molar refractivity (Wildman–Crippen MR) is 131 cm³/mol. The number of fused-ring (bicyclic) bond motifs is 1. The van der Waals surface area contributed by atoms with Gasteiger partial charge in [0.05, 0.1) is 31.3 Å². The van der Waals surface area contributed by atoms with Gasteiger partial charge in [0, 0.05) is 6.54 Å². The molecule has 0 spiro atoms. The van der Waals surface area contributed by atoms with Gasteiger partial charge < -0.3 is 24.1 Å². The van der Waals surface area contributed by atoms with Crippen molar-refractivity contribution in [3.63, 3.8) is 0 Å². The molecule has 0 fully saturated rings. The van der Waals surface area contributed by atoms with Gasteiger partial charge in [-0.25, -0.2) is 4.98 Å². The monoisotopic (exact) mass is 459 g/mol. The molecule has 0 unspecified atom stereocenters. The minimum atomic E-state index is -0.185. The molecule has 7 nitrogen and oxygen atoms in total. The summed E-state index contributed by atoms with van der Waals surface area (Å²) in [5.41, 5.74) is 1.98. The number of carbonyl (C=O) groups excluding carboxylic acids is 1. The number of methoxy groups -OCH3 is 1. The summed E-state index contributed by atoms with van der Waals surface area (Å²) in [5.74, 6) is 2.95. The van der Waals surface area contributed by atoms with E-state index in [2.05, 4.69) is 16.0 Å². The average Bonchev–Trinajstić information content (AvgIpc) is 3.24. The number of ether oxygens (including phenoxy) is 3. The predicted octanol–water partition coefficient (Wildman–Crippen LogP) is 4.60. The molecule has 1 heterocycles. The zero-order valence-corrected chi connectivity index (χ0v) is 19.3. The topological polar surface area (TPSA) is 74.6 Å². The van der Waals surface area contributed by atoms with Crippen molar-refractivity contribution in [2.45, 2.75) is 25.9 Å². The SMILES string of the molecule is COc1ccc(OCCCCn2c(CNC(=O)COc3ccccc3)nc3ccccc32)cc1. The number of carbonyl (C=O) groups is 1. The average molecular weight is 460 g/mol. The Balaban J connectivity index is 1.29. The van der Waals surface area contributed by atoms with Gasteiger partial charge in [-0.15, -0.1) is 0 Å². The summed E-state index contributed by atoms with van der Waals surface area (Å²) in [5, 5.41) is 2.92. The maximum atomic E-state index is 12.3. The van der Waals surface area contributed by atoms with Crippen LogP contribution >= 0.6 is 0 Å². The van der Waals surface area contributed by atoms with Gasteiger partial charge in [-0.1, -0.05) is 30.3 Å². The van der Waals surface area contributed by atoms with Crippen LogP contribution in [0.2, 0.25) is 0 Å². The van der Waals surface area contributed by atoms with Gasteiger partial charge in [0.25, 0.3) is 5.91 Å². The summed E-state index contributed by atoms with van der Waals surface area (Å²) in [6, 6.07) is 24.9. The van der Waals surface area contributed by atoms with Gasteiger partial charge in [0.1, 0.15) is 23.1 Å². The second kappa shape index (κ2) is 11.7. The van der Waals surface area contributed by atoms with Gasteiger partial charge >= 0.3 is 0 Å². The molecule has 0 atom stereocenters. The Kier molecular flexibility index (Phi) is 8.00. The summed E-state index contributed by atoms with van der Waals surface area (Å²) < 4.78 is 18.7. The second-order valence-electron chi connectivity index (χ2n) is 7.78. The van der Waals surface area contributed by atoms with Crippen LogP contribution in [0.25, 0.3) is 11.0 Å². The fraction of sp³-hybridized carbons (Fsp3) is 0.259. The molecule has 0 bridgehead atoms. The summed E-state index contributed by atoms with van der Waals surface area (Å²) in [7, 11) is 1.65. The zero-order chi connectivity index (χ0) is 23.6. The smallest absolute Gasteiger partial charge is 0.258 e. The van der Waals surface area contributed by atoms with Crippen LogP contribution < -0.4 is 19.5 Å². The quantitative estimate of drug-likeness (QED) is 0.314. The number of hydrogen-bond acceptors (Lipinski definition) is 5. The second-order valence-corrected chi connectivity index (χ2v) is 7.78.